The lowest BCUT2D eigenvalue weighted by atomic mass is 9.49. The van der Waals surface area contributed by atoms with E-state index in [4.69, 9.17) is 4.74 Å². The van der Waals surface area contributed by atoms with Crippen LogP contribution in [0.2, 0.25) is 0 Å². The van der Waals surface area contributed by atoms with Crippen LogP contribution in [0.25, 0.3) is 0 Å². The molecular formula is C15H18O3. The number of aliphatic hydroxyl groups excluding tert-OH is 1. The molecule has 0 radical (unpaired) electrons. The highest BCUT2D eigenvalue weighted by molar-refractivity contribution is 6.12. The molecule has 0 amide bonds. The van der Waals surface area contributed by atoms with Crippen LogP contribution in [0.4, 0.5) is 0 Å². The van der Waals surface area contributed by atoms with E-state index in [1.54, 1.807) is 0 Å². The van der Waals surface area contributed by atoms with Crippen LogP contribution in [0.1, 0.15) is 33.6 Å². The molecule has 1 saturated carbocycles. The molecule has 0 aromatic heterocycles. The Morgan fingerprint density at radius 1 is 1.44 bits per heavy atom. The molecule has 3 aliphatic carbocycles. The van der Waals surface area contributed by atoms with E-state index in [9.17, 15) is 9.90 Å². The maximum Gasteiger partial charge on any atom is 0.187 e. The Morgan fingerprint density at radius 3 is 2.72 bits per heavy atom. The van der Waals surface area contributed by atoms with E-state index in [1.807, 2.05) is 19.9 Å². The quantitative estimate of drug-likeness (QED) is 0.708. The molecule has 4 rings (SSSR count). The van der Waals surface area contributed by atoms with Crippen LogP contribution in [0.15, 0.2) is 22.8 Å². The van der Waals surface area contributed by atoms with Gasteiger partial charge in [0.15, 0.2) is 5.78 Å². The van der Waals surface area contributed by atoms with Crippen LogP contribution in [0.5, 0.6) is 0 Å². The highest BCUT2D eigenvalue weighted by Crippen LogP contribution is 2.69. The van der Waals surface area contributed by atoms with Gasteiger partial charge in [-0.05, 0) is 25.3 Å². The molecule has 1 heterocycles. The first-order chi connectivity index (χ1) is 8.37. The molecule has 0 aromatic rings. The van der Waals surface area contributed by atoms with Gasteiger partial charge in [0.2, 0.25) is 0 Å². The van der Waals surface area contributed by atoms with E-state index < -0.39 is 11.7 Å². The molecule has 4 unspecified atom stereocenters. The molecule has 18 heavy (non-hydrogen) atoms. The summed E-state index contributed by atoms with van der Waals surface area (Å²) in [5.74, 6) is 0.0876. The predicted molar refractivity (Wildman–Crippen MR) is 65.9 cm³/mol. The van der Waals surface area contributed by atoms with Crippen molar-refractivity contribution in [3.05, 3.63) is 22.8 Å². The van der Waals surface area contributed by atoms with Gasteiger partial charge in [-0.2, -0.15) is 0 Å². The zero-order valence-electron chi connectivity index (χ0n) is 11.0. The average Bonchev–Trinajstić information content (AvgIpc) is 2.70. The van der Waals surface area contributed by atoms with Crippen molar-refractivity contribution in [2.45, 2.75) is 45.3 Å². The highest BCUT2D eigenvalue weighted by atomic mass is 16.5. The van der Waals surface area contributed by atoms with Crippen molar-refractivity contribution in [1.29, 1.82) is 0 Å². The van der Waals surface area contributed by atoms with E-state index in [2.05, 4.69) is 6.92 Å². The number of Topliss-reactive ketones (excluding diaryl/α,β-unsaturated/α-hetero) is 1. The highest BCUT2D eigenvalue weighted by Gasteiger charge is 2.74. The minimum Gasteiger partial charge on any atom is -0.389 e. The number of carbonyl (C=O) groups excluding carboxylic acids is 1. The second-order valence-electron chi connectivity index (χ2n) is 6.76. The van der Waals surface area contributed by atoms with Crippen LogP contribution in [-0.2, 0) is 9.53 Å². The number of ketones is 1. The summed E-state index contributed by atoms with van der Waals surface area (Å²) in [6, 6.07) is 0. The van der Waals surface area contributed by atoms with Crippen molar-refractivity contribution < 1.29 is 14.6 Å². The van der Waals surface area contributed by atoms with Gasteiger partial charge in [0.1, 0.15) is 5.60 Å². The fourth-order valence-corrected chi connectivity index (χ4v) is 4.64. The zero-order chi connectivity index (χ0) is 12.9. The molecule has 4 atom stereocenters. The number of allylic oxidation sites excluding steroid dienone is 1. The summed E-state index contributed by atoms with van der Waals surface area (Å²) in [6.45, 7) is 6.58. The molecule has 2 bridgehead atoms. The van der Waals surface area contributed by atoms with Gasteiger partial charge in [-0.3, -0.25) is 4.79 Å². The van der Waals surface area contributed by atoms with Crippen molar-refractivity contribution in [3.8, 4) is 0 Å². The summed E-state index contributed by atoms with van der Waals surface area (Å²) >= 11 is 0. The largest absolute Gasteiger partial charge is 0.389 e. The first kappa shape index (κ1) is 10.9. The average molecular weight is 246 g/mol. The topological polar surface area (TPSA) is 46.5 Å². The van der Waals surface area contributed by atoms with Gasteiger partial charge in [0.05, 0.1) is 12.7 Å². The third kappa shape index (κ3) is 0.774. The number of carbonyl (C=O) groups is 1. The third-order valence-corrected chi connectivity index (χ3v) is 5.89. The van der Waals surface area contributed by atoms with E-state index in [0.717, 1.165) is 18.4 Å². The number of aliphatic hydroxyl groups is 1. The molecule has 1 spiro atoms. The molecule has 96 valence electrons. The van der Waals surface area contributed by atoms with E-state index in [0.29, 0.717) is 12.2 Å². The van der Waals surface area contributed by atoms with Crippen LogP contribution >= 0.6 is 0 Å². The number of hydrogen-bond acceptors (Lipinski definition) is 3. The zero-order valence-corrected chi connectivity index (χ0v) is 11.0. The standard InChI is InChI=1S/C15H18O3/c1-8-9-4-5-14(9,3)15-10(11(8)16)6-13(2,7-18-15)12(15)17/h6,12,17H,4-5,7H2,1-3H3. The fourth-order valence-electron chi connectivity index (χ4n) is 4.64. The van der Waals surface area contributed by atoms with Gasteiger partial charge >= 0.3 is 0 Å². The molecule has 0 aromatic carbocycles. The lowest BCUT2D eigenvalue weighted by Crippen LogP contribution is -2.62. The number of rotatable bonds is 0. The van der Waals surface area contributed by atoms with Gasteiger partial charge in [-0.15, -0.1) is 0 Å². The normalized spacial score (nSPS) is 53.0. The minimum atomic E-state index is -0.758. The lowest BCUT2D eigenvalue weighted by molar-refractivity contribution is -0.138. The Kier molecular flexibility index (Phi) is 1.61. The second kappa shape index (κ2) is 2.66. The monoisotopic (exact) mass is 246 g/mol. The van der Waals surface area contributed by atoms with Crippen LogP contribution in [0, 0.1) is 10.8 Å². The van der Waals surface area contributed by atoms with Crippen molar-refractivity contribution >= 4 is 5.78 Å². The van der Waals surface area contributed by atoms with Crippen LogP contribution < -0.4 is 0 Å². The molecule has 1 N–H and O–H groups in total. The van der Waals surface area contributed by atoms with Crippen molar-refractivity contribution in [2.75, 3.05) is 6.61 Å². The molecule has 2 fully saturated rings. The van der Waals surface area contributed by atoms with Crippen LogP contribution in [-0.4, -0.2) is 29.2 Å². The van der Waals surface area contributed by atoms with E-state index >= 15 is 0 Å². The molecule has 4 aliphatic rings. The lowest BCUT2D eigenvalue weighted by Gasteiger charge is -2.57. The number of hydrogen-bond donors (Lipinski definition) is 1. The summed E-state index contributed by atoms with van der Waals surface area (Å²) in [7, 11) is 0. The smallest absolute Gasteiger partial charge is 0.187 e. The summed E-state index contributed by atoms with van der Waals surface area (Å²) in [5, 5.41) is 10.7. The predicted octanol–water partition coefficient (Wildman–Crippen LogP) is 1.76. The van der Waals surface area contributed by atoms with Crippen molar-refractivity contribution in [2.24, 2.45) is 10.8 Å². The van der Waals surface area contributed by atoms with Gasteiger partial charge in [0, 0.05) is 16.4 Å². The Balaban J connectivity index is 2.04. The second-order valence-corrected chi connectivity index (χ2v) is 6.76. The molecule has 3 heteroatoms. The van der Waals surface area contributed by atoms with Crippen molar-refractivity contribution in [1.82, 2.24) is 0 Å². The maximum atomic E-state index is 12.5. The van der Waals surface area contributed by atoms with E-state index in [1.165, 1.54) is 5.57 Å². The summed E-state index contributed by atoms with van der Waals surface area (Å²) < 4.78 is 6.04. The third-order valence-electron chi connectivity index (χ3n) is 5.89. The Labute approximate surface area is 107 Å². The van der Waals surface area contributed by atoms with Crippen LogP contribution in [0.3, 0.4) is 0 Å². The van der Waals surface area contributed by atoms with Crippen molar-refractivity contribution in [3.63, 3.8) is 0 Å². The molecule has 3 nitrogen and oxygen atoms in total. The van der Waals surface area contributed by atoms with Gasteiger partial charge in [-0.25, -0.2) is 0 Å². The van der Waals surface area contributed by atoms with Gasteiger partial charge in [-0.1, -0.05) is 25.5 Å². The Hall–Kier alpha value is -0.930. The summed E-state index contributed by atoms with van der Waals surface area (Å²) in [4.78, 5) is 12.5. The minimum absolute atomic E-state index is 0.0876. The molecule has 1 aliphatic heterocycles. The first-order valence-corrected chi connectivity index (χ1v) is 6.67. The molecule has 1 saturated heterocycles. The van der Waals surface area contributed by atoms with E-state index in [-0.39, 0.29) is 16.6 Å². The summed E-state index contributed by atoms with van der Waals surface area (Å²) in [5.41, 5.74) is 1.48. The maximum absolute atomic E-state index is 12.5. The molecular weight excluding hydrogens is 228 g/mol. The fraction of sp³-hybridized carbons (Fsp3) is 0.667. The van der Waals surface area contributed by atoms with Gasteiger partial charge < -0.3 is 9.84 Å². The number of ether oxygens (including phenoxy) is 1. The van der Waals surface area contributed by atoms with Gasteiger partial charge in [0.25, 0.3) is 0 Å². The SMILES string of the molecule is CC1=C2CCC2(C)C23OCC(C)(C=C2C1=O)C3O. The summed E-state index contributed by atoms with van der Waals surface area (Å²) in [6.07, 6.45) is 3.36. The Morgan fingerprint density at radius 2 is 2.17 bits per heavy atom. The first-order valence-electron chi connectivity index (χ1n) is 6.67. The number of fused-ring (bicyclic) bond motifs is 2. The Bertz CT molecular complexity index is 558.